The van der Waals surface area contributed by atoms with Crippen molar-refractivity contribution in [2.24, 2.45) is 0 Å². The molecule has 13 heteroatoms. The predicted molar refractivity (Wildman–Crippen MR) is 176 cm³/mol. The van der Waals surface area contributed by atoms with Crippen molar-refractivity contribution in [2.75, 3.05) is 49.6 Å². The molecule has 2 heterocycles. The van der Waals surface area contributed by atoms with Gasteiger partial charge in [-0.1, -0.05) is 35.3 Å². The molecule has 2 aliphatic heterocycles. The van der Waals surface area contributed by atoms with Gasteiger partial charge in [0.1, 0.15) is 24.4 Å². The van der Waals surface area contributed by atoms with E-state index in [1.54, 1.807) is 12.1 Å². The molecule has 1 aliphatic carbocycles. The van der Waals surface area contributed by atoms with Gasteiger partial charge in [-0.15, -0.1) is 0 Å². The van der Waals surface area contributed by atoms with Gasteiger partial charge in [-0.25, -0.2) is 0 Å². The first-order chi connectivity index (χ1) is 22.0. The number of aliphatic hydroxyl groups excluding tert-OH is 5. The minimum absolute atomic E-state index is 0.0503. The third-order valence-electron chi connectivity index (χ3n) is 9.36. The second kappa shape index (κ2) is 15.2. The Morgan fingerprint density at radius 2 is 1.57 bits per heavy atom. The molecule has 5 rings (SSSR count). The van der Waals surface area contributed by atoms with E-state index in [9.17, 15) is 30.0 Å². The zero-order valence-electron chi connectivity index (χ0n) is 26.0. The van der Waals surface area contributed by atoms with Crippen LogP contribution in [0.4, 0.5) is 11.4 Å². The number of aryl methyl sites for hydroxylation is 1. The van der Waals surface area contributed by atoms with Gasteiger partial charge in [0.05, 0.1) is 24.0 Å². The number of amides is 2. The lowest BCUT2D eigenvalue weighted by Gasteiger charge is -2.40. The fourth-order valence-electron chi connectivity index (χ4n) is 6.50. The molecule has 1 saturated carbocycles. The van der Waals surface area contributed by atoms with Crippen LogP contribution in [-0.2, 0) is 22.6 Å². The Hall–Kier alpha value is -2.48. The molecule has 5 N–H and O–H groups in total. The lowest BCUT2D eigenvalue weighted by atomic mass is 10.0. The Labute approximate surface area is 279 Å². The number of carbonyl (C=O) groups is 2. The summed E-state index contributed by atoms with van der Waals surface area (Å²) in [6.45, 7) is 1.67. The molecule has 2 aromatic carbocycles. The third kappa shape index (κ3) is 7.79. The van der Waals surface area contributed by atoms with Gasteiger partial charge in [0, 0.05) is 55.7 Å². The summed E-state index contributed by atoms with van der Waals surface area (Å²) < 4.78 is 0. The van der Waals surface area contributed by atoms with Gasteiger partial charge in [-0.3, -0.25) is 14.5 Å². The van der Waals surface area contributed by atoms with Crippen LogP contribution >= 0.6 is 23.2 Å². The second-order valence-corrected chi connectivity index (χ2v) is 13.5. The molecule has 2 aromatic rings. The van der Waals surface area contributed by atoms with Crippen LogP contribution in [0.3, 0.4) is 0 Å². The summed E-state index contributed by atoms with van der Waals surface area (Å²) in [4.78, 5) is 34.5. The Kier molecular flexibility index (Phi) is 11.5. The van der Waals surface area contributed by atoms with E-state index < -0.39 is 31.0 Å². The Balaban J connectivity index is 1.18. The predicted octanol–water partition coefficient (Wildman–Crippen LogP) is 1.80. The van der Waals surface area contributed by atoms with Crippen molar-refractivity contribution in [3.63, 3.8) is 0 Å². The number of nitrogens with zero attached hydrogens (tertiary/aromatic N) is 4. The maximum Gasteiger partial charge on any atom is 0.244 e. The SMILES string of the molecule is CN(C[C@H](O)[C@@H](O)[C@H](O)[C@H](O)CO)C(=O)CCc1cc(Cl)c(CN2CCC[C@H]2C(=O)N2CCN(C3CC3)c3ccccc32)cc1Cl. The van der Waals surface area contributed by atoms with Crippen LogP contribution in [0.2, 0.25) is 10.0 Å². The number of likely N-dealkylation sites (N-methyl/N-ethyl adjacent to an activating group) is 1. The number of aliphatic hydroxyl groups is 5. The molecule has 46 heavy (non-hydrogen) atoms. The molecule has 252 valence electrons. The van der Waals surface area contributed by atoms with Crippen molar-refractivity contribution in [2.45, 2.75) is 81.6 Å². The summed E-state index contributed by atoms with van der Waals surface area (Å²) in [6.07, 6.45) is -2.26. The summed E-state index contributed by atoms with van der Waals surface area (Å²) >= 11 is 13.4. The summed E-state index contributed by atoms with van der Waals surface area (Å²) in [7, 11) is 1.45. The van der Waals surface area contributed by atoms with Crippen molar-refractivity contribution < 1.29 is 35.1 Å². The maximum atomic E-state index is 14.0. The van der Waals surface area contributed by atoms with Gasteiger partial charge >= 0.3 is 0 Å². The molecule has 0 bridgehead atoms. The van der Waals surface area contributed by atoms with Gasteiger partial charge in [0.25, 0.3) is 0 Å². The monoisotopic (exact) mass is 678 g/mol. The van der Waals surface area contributed by atoms with Crippen molar-refractivity contribution in [1.29, 1.82) is 0 Å². The van der Waals surface area contributed by atoms with E-state index in [0.717, 1.165) is 42.9 Å². The second-order valence-electron chi connectivity index (χ2n) is 12.6. The molecule has 0 spiro atoms. The van der Waals surface area contributed by atoms with Crippen LogP contribution in [0.1, 0.15) is 43.2 Å². The zero-order valence-corrected chi connectivity index (χ0v) is 27.5. The van der Waals surface area contributed by atoms with E-state index in [-0.39, 0.29) is 37.2 Å². The van der Waals surface area contributed by atoms with Gasteiger partial charge in [-0.05, 0) is 74.0 Å². The number of hydrogen-bond donors (Lipinski definition) is 5. The van der Waals surface area contributed by atoms with Crippen molar-refractivity contribution in [3.05, 3.63) is 57.6 Å². The van der Waals surface area contributed by atoms with E-state index in [4.69, 9.17) is 28.3 Å². The average molecular weight is 680 g/mol. The number of para-hydroxylation sites is 2. The van der Waals surface area contributed by atoms with E-state index in [1.807, 2.05) is 23.1 Å². The fourth-order valence-corrected chi connectivity index (χ4v) is 7.03. The first kappa shape index (κ1) is 34.8. The highest BCUT2D eigenvalue weighted by Crippen LogP contribution is 2.41. The maximum absolute atomic E-state index is 14.0. The van der Waals surface area contributed by atoms with E-state index in [2.05, 4.69) is 15.9 Å². The third-order valence-corrected chi connectivity index (χ3v) is 10.1. The first-order valence-electron chi connectivity index (χ1n) is 15.9. The molecule has 11 nitrogen and oxygen atoms in total. The quantitative estimate of drug-likeness (QED) is 0.214. The number of carbonyl (C=O) groups excluding carboxylic acids is 2. The van der Waals surface area contributed by atoms with Gasteiger partial charge < -0.3 is 40.2 Å². The molecule has 2 amide bonds. The van der Waals surface area contributed by atoms with Crippen LogP contribution in [0.25, 0.3) is 0 Å². The van der Waals surface area contributed by atoms with E-state index in [0.29, 0.717) is 34.7 Å². The van der Waals surface area contributed by atoms with Crippen LogP contribution < -0.4 is 9.80 Å². The molecule has 2 fully saturated rings. The smallest absolute Gasteiger partial charge is 0.244 e. The minimum Gasteiger partial charge on any atom is -0.394 e. The summed E-state index contributed by atoms with van der Waals surface area (Å²) in [5.41, 5.74) is 3.60. The normalized spacial score (nSPS) is 21.1. The topological polar surface area (TPSA) is 148 Å². The highest BCUT2D eigenvalue weighted by molar-refractivity contribution is 6.34. The lowest BCUT2D eigenvalue weighted by molar-refractivity contribution is -0.137. The zero-order chi connectivity index (χ0) is 33.1. The number of likely N-dealkylation sites (tertiary alicyclic amines) is 1. The molecule has 1 saturated heterocycles. The number of rotatable bonds is 13. The molecule has 0 radical (unpaired) electrons. The molecule has 3 aliphatic rings. The van der Waals surface area contributed by atoms with Gasteiger partial charge in [-0.2, -0.15) is 0 Å². The van der Waals surface area contributed by atoms with Crippen LogP contribution in [0.15, 0.2) is 36.4 Å². The molecule has 5 atom stereocenters. The van der Waals surface area contributed by atoms with Crippen molar-refractivity contribution in [3.8, 4) is 0 Å². The number of fused-ring (bicyclic) bond motifs is 1. The van der Waals surface area contributed by atoms with Gasteiger partial charge in [0.15, 0.2) is 0 Å². The fraction of sp³-hybridized carbons (Fsp3) is 0.576. The van der Waals surface area contributed by atoms with E-state index >= 15 is 0 Å². The van der Waals surface area contributed by atoms with E-state index in [1.165, 1.54) is 24.8 Å². The van der Waals surface area contributed by atoms with Crippen molar-refractivity contribution in [1.82, 2.24) is 9.80 Å². The van der Waals surface area contributed by atoms with Crippen molar-refractivity contribution >= 4 is 46.4 Å². The molecule has 0 aromatic heterocycles. The Morgan fingerprint density at radius 3 is 2.26 bits per heavy atom. The summed E-state index contributed by atoms with van der Waals surface area (Å²) in [6, 6.07) is 12.0. The Morgan fingerprint density at radius 1 is 0.913 bits per heavy atom. The minimum atomic E-state index is -1.77. The Bertz CT molecular complexity index is 1400. The number of hydrogen-bond acceptors (Lipinski definition) is 9. The number of halogens is 2. The number of anilines is 2. The first-order valence-corrected chi connectivity index (χ1v) is 16.7. The van der Waals surface area contributed by atoms with Crippen LogP contribution in [0.5, 0.6) is 0 Å². The lowest BCUT2D eigenvalue weighted by Crippen LogP contribution is -2.51. The van der Waals surface area contributed by atoms with Crippen LogP contribution in [-0.4, -0.2) is 123 Å². The largest absolute Gasteiger partial charge is 0.394 e. The molecular weight excluding hydrogens is 635 g/mol. The highest BCUT2D eigenvalue weighted by Gasteiger charge is 2.39. The highest BCUT2D eigenvalue weighted by atomic mass is 35.5. The summed E-state index contributed by atoms with van der Waals surface area (Å²) in [5.74, 6) is -0.226. The standard InChI is InChI=1S/C33H44Cl2N4O7/c1-36(18-28(41)31(44)32(45)29(42)19-40)30(43)11-8-20-15-24(35)21(16-23(20)34)17-37-12-4-7-27(37)33(46)39-14-13-38(22-9-10-22)25-5-2-3-6-26(25)39/h2-3,5-6,15-16,22,27-29,31-32,40-42,44-45H,4,7-14,17-19H2,1H3/t27-,28-,29+,31+,32+/m0/s1. The molecular formula is C33H44Cl2N4O7. The summed E-state index contributed by atoms with van der Waals surface area (Å²) in [5, 5.41) is 49.5. The van der Waals surface area contributed by atoms with Crippen LogP contribution in [0, 0.1) is 0 Å². The number of benzene rings is 2. The van der Waals surface area contributed by atoms with Gasteiger partial charge in [0.2, 0.25) is 11.8 Å². The molecule has 0 unspecified atom stereocenters. The average Bonchev–Trinajstić information content (AvgIpc) is 3.80.